The van der Waals surface area contributed by atoms with Gasteiger partial charge in [-0.25, -0.2) is 4.98 Å². The minimum Gasteiger partial charge on any atom is -0.446 e. The lowest BCUT2D eigenvalue weighted by Gasteiger charge is -2.27. The maximum Gasteiger partial charge on any atom is 0.273 e. The third-order valence-electron chi connectivity index (χ3n) is 7.15. The monoisotopic (exact) mass is 593 g/mol. The Balaban J connectivity index is 1.57. The summed E-state index contributed by atoms with van der Waals surface area (Å²) in [4.78, 5) is 57.2. The van der Waals surface area contributed by atoms with Gasteiger partial charge in [0, 0.05) is 19.2 Å². The summed E-state index contributed by atoms with van der Waals surface area (Å²) < 4.78 is 6.98. The molecule has 0 saturated heterocycles. The lowest BCUT2D eigenvalue weighted by Crippen LogP contribution is -2.57. The van der Waals surface area contributed by atoms with Crippen LogP contribution in [0.5, 0.6) is 0 Å². The van der Waals surface area contributed by atoms with Crippen LogP contribution in [-0.4, -0.2) is 68.2 Å². The quantitative estimate of drug-likeness (QED) is 0.287. The van der Waals surface area contributed by atoms with Crippen LogP contribution in [0.3, 0.4) is 0 Å². The van der Waals surface area contributed by atoms with Crippen LogP contribution in [0.15, 0.2) is 47.1 Å². The molecule has 3 heterocycles. The Morgan fingerprint density at radius 3 is 2.53 bits per heavy atom. The Kier molecular flexibility index (Phi) is 10.3. The number of hydrogen-bond acceptors (Lipinski definition) is 8. The van der Waals surface area contributed by atoms with Crippen molar-refractivity contribution < 1.29 is 28.7 Å². The number of aliphatic hydroxyl groups excluding tert-OH is 1. The summed E-state index contributed by atoms with van der Waals surface area (Å²) in [6.07, 6.45) is 1.61. The normalized spacial score (nSPS) is 21.1. The molecule has 0 fully saturated rings. The first-order valence-electron chi connectivity index (χ1n) is 14.5. The van der Waals surface area contributed by atoms with Crippen molar-refractivity contribution in [3.05, 3.63) is 59.9 Å². The topological polar surface area (TPSA) is 180 Å². The Bertz CT molecular complexity index is 1430. The first kappa shape index (κ1) is 31.4. The SMILES string of the molecule is CC(C)C[C@@H]1NC(=O)[C@H]([C@@H](C)O)NC(=O)[C@@H](NC(=O)c2cc(-c3ccccc3)nn2C)CCCCNC(=O)c2coc1n2. The van der Waals surface area contributed by atoms with E-state index >= 15 is 0 Å². The average Bonchev–Trinajstić information content (AvgIpc) is 3.61. The number of aryl methyl sites for hydroxylation is 1. The molecule has 13 nitrogen and oxygen atoms in total. The highest BCUT2D eigenvalue weighted by Crippen LogP contribution is 2.22. The largest absolute Gasteiger partial charge is 0.446 e. The lowest BCUT2D eigenvalue weighted by molar-refractivity contribution is -0.133. The second-order valence-electron chi connectivity index (χ2n) is 11.2. The molecular weight excluding hydrogens is 554 g/mol. The predicted octanol–water partition coefficient (Wildman–Crippen LogP) is 1.86. The van der Waals surface area contributed by atoms with Crippen molar-refractivity contribution in [1.29, 1.82) is 0 Å². The fraction of sp³-hybridized carbons (Fsp3) is 0.467. The number of amides is 4. The van der Waals surface area contributed by atoms with Crippen LogP contribution in [0.4, 0.5) is 0 Å². The van der Waals surface area contributed by atoms with Crippen molar-refractivity contribution in [3.8, 4) is 11.3 Å². The van der Waals surface area contributed by atoms with Crippen LogP contribution in [0, 0.1) is 5.92 Å². The third-order valence-corrected chi connectivity index (χ3v) is 7.15. The molecule has 4 rings (SSSR count). The molecule has 43 heavy (non-hydrogen) atoms. The van der Waals surface area contributed by atoms with Gasteiger partial charge >= 0.3 is 0 Å². The molecule has 1 aliphatic heterocycles. The second-order valence-corrected chi connectivity index (χ2v) is 11.2. The number of nitrogens with zero attached hydrogens (tertiary/aromatic N) is 3. The van der Waals surface area contributed by atoms with E-state index < -0.39 is 47.9 Å². The number of aromatic nitrogens is 3. The van der Waals surface area contributed by atoms with Gasteiger partial charge in [0.15, 0.2) is 5.69 Å². The van der Waals surface area contributed by atoms with Crippen molar-refractivity contribution in [2.75, 3.05) is 6.54 Å². The smallest absolute Gasteiger partial charge is 0.273 e. The molecule has 4 amide bonds. The van der Waals surface area contributed by atoms with Gasteiger partial charge in [0.2, 0.25) is 17.7 Å². The Morgan fingerprint density at radius 2 is 1.84 bits per heavy atom. The molecule has 0 radical (unpaired) electrons. The number of hydrogen-bond donors (Lipinski definition) is 5. The summed E-state index contributed by atoms with van der Waals surface area (Å²) in [6.45, 7) is 5.61. The van der Waals surface area contributed by atoms with Gasteiger partial charge < -0.3 is 30.8 Å². The number of rotatable bonds is 6. The van der Waals surface area contributed by atoms with E-state index in [2.05, 4.69) is 31.3 Å². The number of nitrogens with one attached hydrogen (secondary N) is 4. The van der Waals surface area contributed by atoms with Gasteiger partial charge in [0.1, 0.15) is 30.1 Å². The Hall–Kier alpha value is -4.52. The van der Waals surface area contributed by atoms with E-state index in [1.807, 2.05) is 44.2 Å². The van der Waals surface area contributed by atoms with E-state index in [-0.39, 0.29) is 29.6 Å². The van der Waals surface area contributed by atoms with Crippen LogP contribution >= 0.6 is 0 Å². The molecule has 0 spiro atoms. The zero-order valence-electron chi connectivity index (χ0n) is 24.8. The average molecular weight is 594 g/mol. The number of aliphatic hydroxyl groups is 1. The summed E-state index contributed by atoms with van der Waals surface area (Å²) in [6, 6.07) is 7.97. The minimum atomic E-state index is -1.33. The van der Waals surface area contributed by atoms with E-state index in [1.165, 1.54) is 17.9 Å². The molecule has 230 valence electrons. The van der Waals surface area contributed by atoms with E-state index in [4.69, 9.17) is 4.42 Å². The van der Waals surface area contributed by atoms with Gasteiger partial charge in [-0.05, 0) is 44.6 Å². The van der Waals surface area contributed by atoms with Gasteiger partial charge in [-0.3, -0.25) is 23.9 Å². The minimum absolute atomic E-state index is 0.0849. The lowest BCUT2D eigenvalue weighted by atomic mass is 10.0. The number of carbonyl (C=O) groups excluding carboxylic acids is 4. The molecule has 3 aromatic rings. The highest BCUT2D eigenvalue weighted by molar-refractivity contribution is 5.98. The molecule has 0 saturated carbocycles. The fourth-order valence-electron chi connectivity index (χ4n) is 4.86. The molecule has 1 aliphatic rings. The summed E-state index contributed by atoms with van der Waals surface area (Å²) in [5.74, 6) is -1.97. The maximum absolute atomic E-state index is 13.5. The number of fused-ring (bicyclic) bond motifs is 2. The molecule has 5 N–H and O–H groups in total. The van der Waals surface area contributed by atoms with Crippen molar-refractivity contribution in [2.45, 2.75) is 70.7 Å². The van der Waals surface area contributed by atoms with Gasteiger partial charge in [-0.2, -0.15) is 5.10 Å². The number of oxazole rings is 1. The second kappa shape index (κ2) is 14.1. The summed E-state index contributed by atoms with van der Waals surface area (Å²) in [5.41, 5.74) is 1.77. The first-order chi connectivity index (χ1) is 20.5. The van der Waals surface area contributed by atoms with E-state index in [9.17, 15) is 24.3 Å². The van der Waals surface area contributed by atoms with Crippen molar-refractivity contribution in [2.24, 2.45) is 13.0 Å². The van der Waals surface area contributed by atoms with E-state index in [1.54, 1.807) is 13.1 Å². The third kappa shape index (κ3) is 8.07. The molecule has 1 aromatic carbocycles. The fourth-order valence-corrected chi connectivity index (χ4v) is 4.86. The summed E-state index contributed by atoms with van der Waals surface area (Å²) in [5, 5.41) is 25.9. The molecule has 13 heteroatoms. The van der Waals surface area contributed by atoms with Crippen molar-refractivity contribution >= 4 is 23.6 Å². The summed E-state index contributed by atoms with van der Waals surface area (Å²) in [7, 11) is 1.64. The molecule has 0 aliphatic carbocycles. The molecule has 4 atom stereocenters. The maximum atomic E-state index is 13.5. The van der Waals surface area contributed by atoms with Gasteiger partial charge in [-0.15, -0.1) is 0 Å². The highest BCUT2D eigenvalue weighted by Gasteiger charge is 2.33. The molecule has 0 unspecified atom stereocenters. The van der Waals surface area contributed by atoms with Crippen LogP contribution < -0.4 is 21.3 Å². The Morgan fingerprint density at radius 1 is 1.09 bits per heavy atom. The zero-order valence-corrected chi connectivity index (χ0v) is 24.8. The Labute approximate surface area is 249 Å². The molecule has 2 aromatic heterocycles. The zero-order chi connectivity index (χ0) is 31.1. The predicted molar refractivity (Wildman–Crippen MR) is 157 cm³/mol. The first-order valence-corrected chi connectivity index (χ1v) is 14.5. The van der Waals surface area contributed by atoms with E-state index in [0.29, 0.717) is 31.5 Å². The number of carbonyl (C=O) groups is 4. The number of benzene rings is 1. The van der Waals surface area contributed by atoms with Gasteiger partial charge in [0.25, 0.3) is 11.8 Å². The van der Waals surface area contributed by atoms with Crippen LogP contribution in [-0.2, 0) is 16.6 Å². The summed E-state index contributed by atoms with van der Waals surface area (Å²) >= 11 is 0. The molecule has 2 bridgehead atoms. The van der Waals surface area contributed by atoms with Gasteiger partial charge in [0.05, 0.1) is 11.8 Å². The van der Waals surface area contributed by atoms with E-state index in [0.717, 1.165) is 5.56 Å². The van der Waals surface area contributed by atoms with Crippen LogP contribution in [0.2, 0.25) is 0 Å². The highest BCUT2D eigenvalue weighted by atomic mass is 16.3. The van der Waals surface area contributed by atoms with Crippen molar-refractivity contribution in [3.63, 3.8) is 0 Å². The van der Waals surface area contributed by atoms with Crippen molar-refractivity contribution in [1.82, 2.24) is 36.0 Å². The van der Waals surface area contributed by atoms with Crippen LogP contribution in [0.1, 0.15) is 79.4 Å². The molecular formula is C30H39N7O6. The standard InChI is InChI=1S/C30H39N7O6/c1-17(2)14-22-30-34-23(16-43-30)26(39)31-13-9-8-12-20(27(40)35-25(18(3)38)29(42)33-22)32-28(41)24-15-21(36-37(24)4)19-10-6-5-7-11-19/h5-7,10-11,15-18,20,22,25,38H,8-9,12-14H2,1-4H3,(H,31,39)(H,32,41)(H,33,42)(H,35,40)/t18-,20+,22+,25+/m1/s1. The van der Waals surface area contributed by atoms with Gasteiger partial charge in [-0.1, -0.05) is 44.2 Å². The van der Waals surface area contributed by atoms with Crippen LogP contribution in [0.25, 0.3) is 11.3 Å².